The van der Waals surface area contributed by atoms with Crippen molar-refractivity contribution in [2.24, 2.45) is 0 Å². The van der Waals surface area contributed by atoms with Gasteiger partial charge in [0.2, 0.25) is 5.88 Å². The number of hydrogen-bond donors (Lipinski definition) is 2. The van der Waals surface area contributed by atoms with Crippen LogP contribution in [0.1, 0.15) is 31.2 Å². The summed E-state index contributed by atoms with van der Waals surface area (Å²) in [6.07, 6.45) is 5.65. The number of anilines is 3. The Kier molecular flexibility index (Phi) is 6.15. The molecule has 194 valence electrons. The molecule has 38 heavy (non-hydrogen) atoms. The van der Waals surface area contributed by atoms with Gasteiger partial charge in [-0.3, -0.25) is 20.2 Å². The fourth-order valence-corrected chi connectivity index (χ4v) is 5.71. The third kappa shape index (κ3) is 4.22. The van der Waals surface area contributed by atoms with E-state index in [4.69, 9.17) is 16.3 Å². The third-order valence-electron chi connectivity index (χ3n) is 7.40. The molecule has 3 aromatic rings. The lowest BCUT2D eigenvalue weighted by molar-refractivity contribution is -0.137. The molecule has 1 aromatic heterocycles. The molecule has 2 aromatic carbocycles. The van der Waals surface area contributed by atoms with Gasteiger partial charge in [0, 0.05) is 35.6 Å². The van der Waals surface area contributed by atoms with Gasteiger partial charge < -0.3 is 14.5 Å². The number of fused-ring (bicyclic) bond motifs is 1. The molecule has 2 fully saturated rings. The number of carbonyl (C=O) groups excluding carboxylic acids is 3. The standard InChI is InChI=1S/C28H26ClN5O4/c29-19-5-7-20(8-6-19)33-14-2-1-4-18-16-22(10-11-23(18)33)38-24-12-9-21(17-30-24)34-15-3-13-28(34)25(35)31-27(37)32-26(28)36/h5-12,16-17H,1-4,13-15H2,(H2,31,32,35,36,37). The van der Waals surface area contributed by atoms with Gasteiger partial charge in [0.05, 0.1) is 11.9 Å². The first-order valence-corrected chi connectivity index (χ1v) is 13.1. The summed E-state index contributed by atoms with van der Waals surface area (Å²) in [7, 11) is 0. The van der Waals surface area contributed by atoms with E-state index in [2.05, 4.69) is 32.7 Å². The number of hydrogen-bond acceptors (Lipinski definition) is 7. The molecule has 0 bridgehead atoms. The van der Waals surface area contributed by atoms with Crippen molar-refractivity contribution >= 4 is 46.5 Å². The van der Waals surface area contributed by atoms with Crippen molar-refractivity contribution in [3.8, 4) is 11.6 Å². The Morgan fingerprint density at radius 2 is 1.63 bits per heavy atom. The van der Waals surface area contributed by atoms with E-state index < -0.39 is 23.4 Å². The quantitative estimate of drug-likeness (QED) is 0.470. The van der Waals surface area contributed by atoms with E-state index >= 15 is 0 Å². The van der Waals surface area contributed by atoms with Crippen LogP contribution in [0.3, 0.4) is 0 Å². The molecule has 0 aliphatic carbocycles. The number of carbonyl (C=O) groups is 3. The number of amides is 4. The first-order chi connectivity index (χ1) is 18.4. The van der Waals surface area contributed by atoms with E-state index in [1.54, 1.807) is 23.2 Å². The summed E-state index contributed by atoms with van der Waals surface area (Å²) in [6, 6.07) is 16.7. The molecule has 2 saturated heterocycles. The van der Waals surface area contributed by atoms with Crippen molar-refractivity contribution in [2.45, 2.75) is 37.6 Å². The Balaban J connectivity index is 1.22. The maximum Gasteiger partial charge on any atom is 0.328 e. The van der Waals surface area contributed by atoms with Gasteiger partial charge in [-0.1, -0.05) is 11.6 Å². The number of barbiturate groups is 1. The Morgan fingerprint density at radius 3 is 2.37 bits per heavy atom. The highest BCUT2D eigenvalue weighted by atomic mass is 35.5. The average molecular weight is 532 g/mol. The van der Waals surface area contributed by atoms with Crippen LogP contribution in [-0.4, -0.2) is 41.5 Å². The molecular weight excluding hydrogens is 506 g/mol. The SMILES string of the molecule is O=C1NC(=O)C2(CCCN2c2ccc(Oc3ccc4c(c3)CCCCN4c3ccc(Cl)cc3)nc2)C(=O)N1. The molecule has 0 atom stereocenters. The van der Waals surface area contributed by atoms with Crippen LogP contribution in [0.4, 0.5) is 21.9 Å². The number of imide groups is 2. The number of aromatic nitrogens is 1. The smallest absolute Gasteiger partial charge is 0.328 e. The molecule has 0 unspecified atom stereocenters. The van der Waals surface area contributed by atoms with Crippen molar-refractivity contribution in [1.29, 1.82) is 0 Å². The maximum absolute atomic E-state index is 12.7. The minimum Gasteiger partial charge on any atom is -0.439 e. The summed E-state index contributed by atoms with van der Waals surface area (Å²) in [4.78, 5) is 45.5. The molecule has 10 heteroatoms. The van der Waals surface area contributed by atoms with Crippen molar-refractivity contribution < 1.29 is 19.1 Å². The molecule has 4 amide bonds. The highest BCUT2D eigenvalue weighted by Gasteiger charge is 2.57. The predicted octanol–water partition coefficient (Wildman–Crippen LogP) is 4.71. The lowest BCUT2D eigenvalue weighted by Crippen LogP contribution is -2.71. The lowest BCUT2D eigenvalue weighted by Gasteiger charge is -2.38. The van der Waals surface area contributed by atoms with Crippen LogP contribution in [0, 0.1) is 0 Å². The van der Waals surface area contributed by atoms with Crippen molar-refractivity contribution in [3.05, 3.63) is 71.4 Å². The van der Waals surface area contributed by atoms with Crippen LogP contribution in [0.5, 0.6) is 11.6 Å². The van der Waals surface area contributed by atoms with Gasteiger partial charge in [0.15, 0.2) is 5.54 Å². The number of benzene rings is 2. The predicted molar refractivity (Wildman–Crippen MR) is 143 cm³/mol. The zero-order chi connectivity index (χ0) is 26.3. The van der Waals surface area contributed by atoms with Crippen molar-refractivity contribution in [3.63, 3.8) is 0 Å². The van der Waals surface area contributed by atoms with E-state index in [1.165, 1.54) is 5.56 Å². The Bertz CT molecular complexity index is 1390. The van der Waals surface area contributed by atoms with Gasteiger partial charge in [-0.05, 0) is 86.2 Å². The lowest BCUT2D eigenvalue weighted by atomic mass is 9.92. The minimum absolute atomic E-state index is 0.318. The Labute approximate surface area is 224 Å². The third-order valence-corrected chi connectivity index (χ3v) is 7.65. The second-order valence-electron chi connectivity index (χ2n) is 9.69. The minimum atomic E-state index is -1.45. The van der Waals surface area contributed by atoms with Crippen LogP contribution < -0.4 is 25.2 Å². The molecule has 1 spiro atoms. The largest absolute Gasteiger partial charge is 0.439 e. The van der Waals surface area contributed by atoms with E-state index in [0.717, 1.165) is 37.2 Å². The zero-order valence-corrected chi connectivity index (χ0v) is 21.3. The van der Waals surface area contributed by atoms with Gasteiger partial charge in [0.1, 0.15) is 5.75 Å². The molecule has 0 radical (unpaired) electrons. The van der Waals surface area contributed by atoms with Crippen molar-refractivity contribution in [1.82, 2.24) is 15.6 Å². The number of ether oxygens (including phenoxy) is 1. The second kappa shape index (κ2) is 9.64. The van der Waals surface area contributed by atoms with E-state index in [0.29, 0.717) is 41.7 Å². The summed E-state index contributed by atoms with van der Waals surface area (Å²) < 4.78 is 6.08. The maximum atomic E-state index is 12.7. The molecule has 3 aliphatic rings. The fraction of sp³-hybridized carbons (Fsp3) is 0.286. The second-order valence-corrected chi connectivity index (χ2v) is 10.1. The summed E-state index contributed by atoms with van der Waals surface area (Å²) in [5.41, 5.74) is 2.62. The van der Waals surface area contributed by atoms with Gasteiger partial charge >= 0.3 is 6.03 Å². The molecule has 4 heterocycles. The fourth-order valence-electron chi connectivity index (χ4n) is 5.59. The highest BCUT2D eigenvalue weighted by Crippen LogP contribution is 2.38. The molecule has 9 nitrogen and oxygen atoms in total. The van der Waals surface area contributed by atoms with Gasteiger partial charge in [-0.2, -0.15) is 0 Å². The first kappa shape index (κ1) is 24.2. The van der Waals surface area contributed by atoms with E-state index in [1.807, 2.05) is 30.3 Å². The number of nitrogens with zero attached hydrogens (tertiary/aromatic N) is 3. The highest BCUT2D eigenvalue weighted by molar-refractivity contribution is 6.30. The zero-order valence-electron chi connectivity index (χ0n) is 20.6. The summed E-state index contributed by atoms with van der Waals surface area (Å²) >= 11 is 6.09. The number of aryl methyl sites for hydroxylation is 1. The first-order valence-electron chi connectivity index (χ1n) is 12.7. The number of nitrogens with one attached hydrogen (secondary N) is 2. The number of urea groups is 1. The summed E-state index contributed by atoms with van der Waals surface area (Å²) in [5.74, 6) is -0.134. The molecular formula is C28H26ClN5O4. The number of rotatable bonds is 4. The van der Waals surface area contributed by atoms with Crippen LogP contribution >= 0.6 is 11.6 Å². The van der Waals surface area contributed by atoms with Crippen LogP contribution in [-0.2, 0) is 16.0 Å². The van der Waals surface area contributed by atoms with E-state index in [9.17, 15) is 14.4 Å². The molecule has 0 saturated carbocycles. The Hall–Kier alpha value is -4.11. The van der Waals surface area contributed by atoms with Crippen molar-refractivity contribution in [2.75, 3.05) is 22.9 Å². The van der Waals surface area contributed by atoms with E-state index in [-0.39, 0.29) is 0 Å². The Morgan fingerprint density at radius 1 is 0.868 bits per heavy atom. The number of pyridine rings is 1. The van der Waals surface area contributed by atoms with Crippen LogP contribution in [0.2, 0.25) is 5.02 Å². The molecule has 2 N–H and O–H groups in total. The monoisotopic (exact) mass is 531 g/mol. The molecule has 3 aliphatic heterocycles. The van der Waals surface area contributed by atoms with Crippen LogP contribution in [0.25, 0.3) is 0 Å². The summed E-state index contributed by atoms with van der Waals surface area (Å²) in [6.45, 7) is 1.42. The number of halogens is 1. The average Bonchev–Trinajstić information content (AvgIpc) is 3.25. The van der Waals surface area contributed by atoms with Gasteiger partial charge in [-0.25, -0.2) is 9.78 Å². The van der Waals surface area contributed by atoms with Gasteiger partial charge in [-0.15, -0.1) is 0 Å². The summed E-state index contributed by atoms with van der Waals surface area (Å²) in [5, 5.41) is 5.17. The van der Waals surface area contributed by atoms with Crippen LogP contribution in [0.15, 0.2) is 60.8 Å². The topological polar surface area (TPSA) is 104 Å². The normalized spacial score (nSPS) is 18.6. The molecule has 6 rings (SSSR count). The van der Waals surface area contributed by atoms with Gasteiger partial charge in [0.25, 0.3) is 11.8 Å².